The van der Waals surface area contributed by atoms with Crippen LogP contribution in [0.5, 0.6) is 0 Å². The molecule has 0 fully saturated rings. The van der Waals surface area contributed by atoms with Gasteiger partial charge in [-0.1, -0.05) is 13.2 Å². The largest absolute Gasteiger partial charge is 0.384 e. The molecule has 0 radical (unpaired) electrons. The Morgan fingerprint density at radius 2 is 1.60 bits per heavy atom. The van der Waals surface area contributed by atoms with E-state index in [9.17, 15) is 0 Å². The van der Waals surface area contributed by atoms with Crippen LogP contribution in [0, 0.1) is 0 Å². The molecule has 0 saturated carbocycles. The van der Waals surface area contributed by atoms with Crippen molar-refractivity contribution in [2.75, 3.05) is 40.3 Å². The summed E-state index contributed by atoms with van der Waals surface area (Å²) in [4.78, 5) is 2.06. The van der Waals surface area contributed by atoms with Gasteiger partial charge in [0, 0.05) is 20.3 Å². The Morgan fingerprint density at radius 1 is 1.07 bits per heavy atom. The lowest BCUT2D eigenvalue weighted by atomic mass is 10.3. The van der Waals surface area contributed by atoms with Gasteiger partial charge in [-0.15, -0.1) is 0 Å². The summed E-state index contributed by atoms with van der Waals surface area (Å²) in [5, 5.41) is 0. The number of rotatable bonds is 8. The van der Waals surface area contributed by atoms with Crippen molar-refractivity contribution in [2.24, 2.45) is 0 Å². The monoisotopic (exact) mass is 209 g/mol. The van der Waals surface area contributed by atoms with Crippen molar-refractivity contribution in [1.82, 2.24) is 4.90 Å². The van der Waals surface area contributed by atoms with E-state index < -0.39 is 0 Å². The maximum atomic E-state index is 3.83. The second-order valence-electron chi connectivity index (χ2n) is 4.13. The third kappa shape index (κ3) is 5.43. The average Bonchev–Trinajstić information content (AvgIpc) is 2.17. The lowest BCUT2D eigenvalue weighted by Gasteiger charge is -2.35. The molecule has 0 spiro atoms. The minimum atomic E-state index is 1.00. The summed E-state index contributed by atoms with van der Waals surface area (Å²) in [5.74, 6) is 0. The van der Waals surface area contributed by atoms with Gasteiger partial charge in [-0.2, -0.15) is 0 Å². The Balaban J connectivity index is 4.45. The van der Waals surface area contributed by atoms with E-state index in [1.165, 1.54) is 0 Å². The van der Waals surface area contributed by atoms with Crippen molar-refractivity contribution in [3.8, 4) is 0 Å². The van der Waals surface area contributed by atoms with Gasteiger partial charge in [-0.3, -0.25) is 0 Å². The van der Waals surface area contributed by atoms with Crippen LogP contribution in [0.1, 0.15) is 6.92 Å². The predicted octanol–water partition coefficient (Wildman–Crippen LogP) is 2.27. The minimum absolute atomic E-state index is 1.00. The molecule has 0 aliphatic rings. The van der Waals surface area contributed by atoms with E-state index in [1.54, 1.807) is 0 Å². The molecule has 0 aromatic heterocycles. The van der Waals surface area contributed by atoms with Crippen LogP contribution in [-0.4, -0.2) is 49.7 Å². The molecule has 0 aliphatic carbocycles. The fourth-order valence-corrected chi connectivity index (χ4v) is 1.64. The number of hydrogen-bond donors (Lipinski definition) is 0. The molecule has 0 amide bonds. The zero-order valence-corrected chi connectivity index (χ0v) is 10.4. The van der Waals surface area contributed by atoms with Gasteiger partial charge in [-0.25, -0.2) is 0 Å². The Labute approximate surface area is 94.8 Å². The number of nitrogens with zero attached hydrogens (tertiary/aromatic N) is 2. The average molecular weight is 209 g/mol. The van der Waals surface area contributed by atoms with E-state index in [4.69, 9.17) is 0 Å². The highest BCUT2D eigenvalue weighted by atomic mass is 15.3. The molecule has 0 N–H and O–H groups in total. The molecular formula is C13H25N2+. The van der Waals surface area contributed by atoms with Crippen LogP contribution in [0.4, 0.5) is 0 Å². The summed E-state index contributed by atoms with van der Waals surface area (Å²) in [7, 11) is 4.08. The van der Waals surface area contributed by atoms with Gasteiger partial charge in [0.2, 0.25) is 0 Å². The molecule has 0 aromatic carbocycles. The molecular weight excluding hydrogens is 184 g/mol. The molecule has 0 unspecified atom stereocenters. The highest BCUT2D eigenvalue weighted by molar-refractivity contribution is 4.82. The maximum absolute atomic E-state index is 3.83. The van der Waals surface area contributed by atoms with Crippen LogP contribution in [0.3, 0.4) is 0 Å². The highest BCUT2D eigenvalue weighted by Gasteiger charge is 2.19. The van der Waals surface area contributed by atoms with Crippen molar-refractivity contribution in [2.45, 2.75) is 6.92 Å². The molecule has 15 heavy (non-hydrogen) atoms. The molecule has 86 valence electrons. The Kier molecular flexibility index (Phi) is 6.80. The van der Waals surface area contributed by atoms with E-state index in [0.717, 1.165) is 30.7 Å². The number of hydrogen-bond acceptors (Lipinski definition) is 1. The maximum Gasteiger partial charge on any atom is 0.0995 e. The van der Waals surface area contributed by atoms with Crippen LogP contribution in [0.25, 0.3) is 0 Å². The van der Waals surface area contributed by atoms with Crippen molar-refractivity contribution in [1.29, 1.82) is 0 Å². The Bertz CT molecular complexity index is 207. The SMILES string of the molecule is C=CC[N+](CC)(CC=C)CC=CN(C)C. The summed E-state index contributed by atoms with van der Waals surface area (Å²) in [6.07, 6.45) is 8.32. The van der Waals surface area contributed by atoms with Crippen molar-refractivity contribution < 1.29 is 4.48 Å². The van der Waals surface area contributed by atoms with Crippen LogP contribution in [0.2, 0.25) is 0 Å². The van der Waals surface area contributed by atoms with Gasteiger partial charge >= 0.3 is 0 Å². The van der Waals surface area contributed by atoms with Crippen molar-refractivity contribution in [3.05, 3.63) is 37.6 Å². The third-order valence-corrected chi connectivity index (χ3v) is 2.60. The second-order valence-corrected chi connectivity index (χ2v) is 4.13. The summed E-state index contributed by atoms with van der Waals surface area (Å²) in [6.45, 7) is 14.0. The normalized spacial score (nSPS) is 11.7. The quantitative estimate of drug-likeness (QED) is 0.438. The van der Waals surface area contributed by atoms with Gasteiger partial charge in [0.1, 0.15) is 0 Å². The molecule has 0 saturated heterocycles. The van der Waals surface area contributed by atoms with E-state index in [2.05, 4.69) is 37.3 Å². The number of quaternary nitrogens is 1. The predicted molar refractivity (Wildman–Crippen MR) is 68.6 cm³/mol. The Morgan fingerprint density at radius 3 is 1.93 bits per heavy atom. The van der Waals surface area contributed by atoms with Crippen LogP contribution in [0.15, 0.2) is 37.6 Å². The van der Waals surface area contributed by atoms with Crippen molar-refractivity contribution >= 4 is 0 Å². The van der Waals surface area contributed by atoms with Crippen LogP contribution < -0.4 is 0 Å². The van der Waals surface area contributed by atoms with E-state index in [1.807, 2.05) is 26.2 Å². The van der Waals surface area contributed by atoms with Gasteiger partial charge < -0.3 is 9.38 Å². The Hall–Kier alpha value is -1.02. The standard InChI is InChI=1S/C13H25N2/c1-6-11-15(8-3,12-7-2)13-9-10-14(4)5/h6-7,9-10H,1-2,8,11-13H2,3-5H3/q+1. The fourth-order valence-electron chi connectivity index (χ4n) is 1.64. The van der Waals surface area contributed by atoms with Gasteiger partial charge in [-0.05, 0) is 25.2 Å². The lowest BCUT2D eigenvalue weighted by molar-refractivity contribution is -0.910. The number of likely N-dealkylation sites (N-methyl/N-ethyl adjacent to an activating group) is 1. The van der Waals surface area contributed by atoms with Crippen molar-refractivity contribution in [3.63, 3.8) is 0 Å². The van der Waals surface area contributed by atoms with Crippen LogP contribution >= 0.6 is 0 Å². The first-order chi connectivity index (χ1) is 7.10. The van der Waals surface area contributed by atoms with E-state index in [-0.39, 0.29) is 0 Å². The lowest BCUT2D eigenvalue weighted by Crippen LogP contribution is -2.48. The van der Waals surface area contributed by atoms with Crippen LogP contribution in [-0.2, 0) is 0 Å². The summed E-state index contributed by atoms with van der Waals surface area (Å²) >= 11 is 0. The first kappa shape index (κ1) is 14.0. The zero-order valence-electron chi connectivity index (χ0n) is 10.4. The third-order valence-electron chi connectivity index (χ3n) is 2.60. The molecule has 0 atom stereocenters. The molecule has 0 aliphatic heterocycles. The first-order valence-electron chi connectivity index (χ1n) is 5.50. The van der Waals surface area contributed by atoms with Gasteiger partial charge in [0.25, 0.3) is 0 Å². The second kappa shape index (κ2) is 7.30. The fraction of sp³-hybridized carbons (Fsp3) is 0.538. The van der Waals surface area contributed by atoms with E-state index in [0.29, 0.717) is 0 Å². The summed E-state index contributed by atoms with van der Waals surface area (Å²) < 4.78 is 1.01. The highest BCUT2D eigenvalue weighted by Crippen LogP contribution is 2.07. The topological polar surface area (TPSA) is 3.24 Å². The zero-order chi connectivity index (χ0) is 11.7. The van der Waals surface area contributed by atoms with E-state index >= 15 is 0 Å². The molecule has 0 rings (SSSR count). The molecule has 0 aromatic rings. The molecule has 0 bridgehead atoms. The molecule has 2 heteroatoms. The minimum Gasteiger partial charge on any atom is -0.384 e. The molecule has 2 nitrogen and oxygen atoms in total. The van der Waals surface area contributed by atoms with Gasteiger partial charge in [0.15, 0.2) is 0 Å². The smallest absolute Gasteiger partial charge is 0.0995 e. The van der Waals surface area contributed by atoms with Gasteiger partial charge in [0.05, 0.1) is 26.2 Å². The summed E-state index contributed by atoms with van der Waals surface area (Å²) in [6, 6.07) is 0. The first-order valence-corrected chi connectivity index (χ1v) is 5.50. The molecule has 0 heterocycles. The summed E-state index contributed by atoms with van der Waals surface area (Å²) in [5.41, 5.74) is 0.